The summed E-state index contributed by atoms with van der Waals surface area (Å²) in [4.78, 5) is 0. The molecule has 0 N–H and O–H groups in total. The second-order valence-corrected chi connectivity index (χ2v) is 2.60. The van der Waals surface area contributed by atoms with Gasteiger partial charge in [0.15, 0.2) is 0 Å². The summed E-state index contributed by atoms with van der Waals surface area (Å²) >= 11 is 7.98. The molecular formula is C6H10Cl2Pd. The molecule has 0 saturated heterocycles. The normalized spacial score (nSPS) is 26.4. The molecule has 1 rings (SSSR count). The Bertz CT molecular complexity index is 53.0. The van der Waals surface area contributed by atoms with Crippen LogP contribution in [0.2, 0.25) is 0 Å². The van der Waals surface area contributed by atoms with Crippen LogP contribution in [-0.4, -0.2) is 5.38 Å². The summed E-state index contributed by atoms with van der Waals surface area (Å²) in [6.45, 7) is 0. The zero-order valence-electron chi connectivity index (χ0n) is 5.06. The summed E-state index contributed by atoms with van der Waals surface area (Å²) in [5, 5.41) is 0.383. The molecule has 0 radical (unpaired) electrons. The van der Waals surface area contributed by atoms with E-state index < -0.39 is 0 Å². The molecule has 1 atom stereocenters. The van der Waals surface area contributed by atoms with E-state index in [9.17, 15) is 0 Å². The van der Waals surface area contributed by atoms with Crippen LogP contribution >= 0.6 is 21.1 Å². The molecule has 58 valence electrons. The van der Waals surface area contributed by atoms with Crippen molar-refractivity contribution in [3.05, 3.63) is 6.42 Å². The minimum atomic E-state index is 0.383. The van der Waals surface area contributed by atoms with Gasteiger partial charge < -0.3 is 6.42 Å². The van der Waals surface area contributed by atoms with Gasteiger partial charge in [-0.2, -0.15) is 18.0 Å². The fraction of sp³-hybridized carbons (Fsp3) is 0.833. The number of rotatable bonds is 0. The molecule has 1 fully saturated rings. The first kappa shape index (κ1) is 10.2. The molecule has 1 aliphatic carbocycles. The van der Waals surface area contributed by atoms with Gasteiger partial charge in [0.2, 0.25) is 0 Å². The average molecular weight is 259 g/mol. The molecule has 3 heteroatoms. The van der Waals surface area contributed by atoms with Gasteiger partial charge in [-0.15, -0.1) is 0 Å². The van der Waals surface area contributed by atoms with E-state index in [0.717, 1.165) is 0 Å². The molecule has 0 aliphatic heterocycles. The van der Waals surface area contributed by atoms with Gasteiger partial charge in [-0.05, 0) is 0 Å². The first-order valence-corrected chi connectivity index (χ1v) is 5.43. The molecule has 1 unspecified atom stereocenters. The summed E-state index contributed by atoms with van der Waals surface area (Å²) in [6, 6.07) is 0. The van der Waals surface area contributed by atoms with E-state index in [1.54, 1.807) is 0 Å². The fourth-order valence-corrected chi connectivity index (χ4v) is 1.18. The molecule has 0 bridgehead atoms. The molecule has 0 heterocycles. The quantitative estimate of drug-likeness (QED) is 0.356. The Morgan fingerprint density at radius 1 is 1.33 bits per heavy atom. The van der Waals surface area contributed by atoms with Crippen LogP contribution in [0.4, 0.5) is 0 Å². The van der Waals surface area contributed by atoms with E-state index in [2.05, 4.69) is 34.1 Å². The monoisotopic (exact) mass is 258 g/mol. The van der Waals surface area contributed by atoms with Crippen LogP contribution in [0.1, 0.15) is 25.7 Å². The maximum atomic E-state index is 5.76. The van der Waals surface area contributed by atoms with E-state index in [0.29, 0.717) is 5.38 Å². The average Bonchev–Trinajstić information content (AvgIpc) is 1.94. The van der Waals surface area contributed by atoms with Crippen molar-refractivity contribution in [1.29, 1.82) is 0 Å². The Morgan fingerprint density at radius 2 is 2.00 bits per heavy atom. The van der Waals surface area contributed by atoms with Crippen molar-refractivity contribution in [1.82, 2.24) is 0 Å². The standard InChI is InChI=1S/C6H10Cl.ClH.Pd/c7-6-4-2-1-3-5-6;;/h4,6H,1-3,5H2;1H;/q-1;;+2/p-1. The van der Waals surface area contributed by atoms with Crippen molar-refractivity contribution in [3.8, 4) is 0 Å². The second-order valence-electron chi connectivity index (χ2n) is 2.04. The van der Waals surface area contributed by atoms with Gasteiger partial charge in [0.25, 0.3) is 0 Å². The molecule has 0 nitrogen and oxygen atoms in total. The van der Waals surface area contributed by atoms with Crippen LogP contribution in [0, 0.1) is 6.42 Å². The van der Waals surface area contributed by atoms with E-state index in [4.69, 9.17) is 11.6 Å². The molecular weight excluding hydrogens is 249 g/mol. The van der Waals surface area contributed by atoms with Gasteiger partial charge in [0, 0.05) is 0 Å². The van der Waals surface area contributed by atoms with Crippen molar-refractivity contribution >= 4 is 21.1 Å². The zero-order chi connectivity index (χ0) is 7.11. The van der Waals surface area contributed by atoms with Crippen LogP contribution in [0.25, 0.3) is 0 Å². The van der Waals surface area contributed by atoms with Gasteiger partial charge in [-0.1, -0.05) is 24.6 Å². The first-order chi connectivity index (χ1) is 4.39. The third-order valence-electron chi connectivity index (χ3n) is 1.36. The Hall–Kier alpha value is 1.24. The number of hydrogen-bond acceptors (Lipinski definition) is 0. The Labute approximate surface area is 76.7 Å². The van der Waals surface area contributed by atoms with Gasteiger partial charge in [-0.25, -0.2) is 0 Å². The van der Waals surface area contributed by atoms with Crippen molar-refractivity contribution < 1.29 is 18.2 Å². The van der Waals surface area contributed by atoms with Gasteiger partial charge in [-0.3, -0.25) is 0 Å². The summed E-state index contributed by atoms with van der Waals surface area (Å²) in [6.07, 6.45) is 7.30. The van der Waals surface area contributed by atoms with Crippen LogP contribution in [0.3, 0.4) is 0 Å². The second kappa shape index (κ2) is 7.35. The predicted molar refractivity (Wildman–Crippen MR) is 38.3 cm³/mol. The Balaban J connectivity index is 0.000000291. The van der Waals surface area contributed by atoms with Gasteiger partial charge >= 0.3 is 27.7 Å². The maximum absolute atomic E-state index is 5.76. The molecule has 9 heavy (non-hydrogen) atoms. The molecule has 0 aromatic rings. The van der Waals surface area contributed by atoms with Gasteiger partial charge in [0.05, 0.1) is 0 Å². The first-order valence-electron chi connectivity index (χ1n) is 2.99. The summed E-state index contributed by atoms with van der Waals surface area (Å²) in [5.74, 6) is 0. The summed E-state index contributed by atoms with van der Waals surface area (Å²) in [7, 11) is 4.49. The van der Waals surface area contributed by atoms with Crippen molar-refractivity contribution in [2.45, 2.75) is 31.1 Å². The topological polar surface area (TPSA) is 0 Å². The number of hydrogen-bond donors (Lipinski definition) is 0. The van der Waals surface area contributed by atoms with Crippen LogP contribution in [-0.2, 0) is 18.2 Å². The van der Waals surface area contributed by atoms with Crippen LogP contribution in [0.5, 0.6) is 0 Å². The molecule has 1 saturated carbocycles. The fourth-order valence-electron chi connectivity index (χ4n) is 0.900. The molecule has 0 aromatic heterocycles. The van der Waals surface area contributed by atoms with E-state index in [1.807, 2.05) is 0 Å². The molecule has 0 spiro atoms. The summed E-state index contributed by atoms with van der Waals surface area (Å²) < 4.78 is 0. The summed E-state index contributed by atoms with van der Waals surface area (Å²) in [5.41, 5.74) is 0. The third kappa shape index (κ3) is 5.68. The van der Waals surface area contributed by atoms with Crippen LogP contribution < -0.4 is 0 Å². The van der Waals surface area contributed by atoms with Crippen LogP contribution in [0.15, 0.2) is 0 Å². The zero-order valence-corrected chi connectivity index (χ0v) is 8.12. The molecule has 0 amide bonds. The molecule has 1 aliphatic rings. The minimum absolute atomic E-state index is 0.383. The Morgan fingerprint density at radius 3 is 2.22 bits per heavy atom. The third-order valence-corrected chi connectivity index (χ3v) is 1.75. The van der Waals surface area contributed by atoms with E-state index in [-0.39, 0.29) is 0 Å². The van der Waals surface area contributed by atoms with E-state index >= 15 is 0 Å². The van der Waals surface area contributed by atoms with Crippen molar-refractivity contribution in [2.75, 3.05) is 0 Å². The molecule has 0 aromatic carbocycles. The van der Waals surface area contributed by atoms with Crippen molar-refractivity contribution in [3.63, 3.8) is 0 Å². The Kier molecular flexibility index (Phi) is 8.37. The predicted octanol–water partition coefficient (Wildman–Crippen LogP) is 3.06. The van der Waals surface area contributed by atoms with Gasteiger partial charge in [0.1, 0.15) is 0 Å². The van der Waals surface area contributed by atoms with Crippen molar-refractivity contribution in [2.24, 2.45) is 0 Å². The number of halogens is 2. The number of alkyl halides is 1. The SMILES string of the molecule is ClC1[CH-]CCCC1.[Cl][Pd+]. The van der Waals surface area contributed by atoms with E-state index in [1.165, 1.54) is 25.7 Å².